The molecule has 0 spiro atoms. The Bertz CT molecular complexity index is 2760. The van der Waals surface area contributed by atoms with Gasteiger partial charge in [0.05, 0.1) is 57.4 Å². The van der Waals surface area contributed by atoms with E-state index in [9.17, 15) is 40.8 Å². The van der Waals surface area contributed by atoms with Gasteiger partial charge in [0.15, 0.2) is 0 Å². The molecule has 3 aromatic carbocycles. The summed E-state index contributed by atoms with van der Waals surface area (Å²) in [4.78, 5) is 63.7. The van der Waals surface area contributed by atoms with E-state index in [4.69, 9.17) is 28.7 Å². The molecule has 0 amide bonds. The lowest BCUT2D eigenvalue weighted by atomic mass is 9.88. The van der Waals surface area contributed by atoms with Gasteiger partial charge in [0, 0.05) is 95.4 Å². The van der Waals surface area contributed by atoms with Crippen LogP contribution in [0, 0.1) is 20.8 Å². The zero-order chi connectivity index (χ0) is 64.6. The summed E-state index contributed by atoms with van der Waals surface area (Å²) < 4.78 is 65.6. The Morgan fingerprint density at radius 1 is 0.565 bits per heavy atom. The van der Waals surface area contributed by atoms with Gasteiger partial charge >= 0.3 is 17.9 Å². The Hall–Kier alpha value is -3.44. The molecular formula is C57H88B2Br4N6O14S2. The van der Waals surface area contributed by atoms with Crippen LogP contribution in [0.25, 0.3) is 0 Å². The summed E-state index contributed by atoms with van der Waals surface area (Å²) in [6.45, 7) is 22.0. The number of carbonyl (C=O) groups excluding carboxylic acids is 4. The van der Waals surface area contributed by atoms with Gasteiger partial charge in [-0.1, -0.05) is 81.9 Å². The van der Waals surface area contributed by atoms with Gasteiger partial charge in [-0.25, -0.2) is 0 Å². The number of aliphatic carboxylic acids is 1. The molecule has 0 aliphatic heterocycles. The Morgan fingerprint density at radius 2 is 0.871 bits per heavy atom. The highest BCUT2D eigenvalue weighted by molar-refractivity contribution is 9.09. The van der Waals surface area contributed by atoms with Crippen molar-refractivity contribution in [1.82, 2.24) is 10.5 Å². The van der Waals surface area contributed by atoms with Crippen LogP contribution < -0.4 is 30.9 Å². The number of hydrogen-bond acceptors (Lipinski definition) is 19. The highest BCUT2D eigenvalue weighted by atomic mass is 79.9. The van der Waals surface area contributed by atoms with Crippen molar-refractivity contribution in [2.75, 3.05) is 121 Å². The van der Waals surface area contributed by atoms with Crippen LogP contribution in [0.3, 0.4) is 0 Å². The first-order chi connectivity index (χ1) is 39.7. The number of rotatable bonds is 37. The van der Waals surface area contributed by atoms with Crippen LogP contribution in [0.5, 0.6) is 0 Å². The number of hydrogen-bond donors (Lipinski definition) is 4. The average molecular weight is 1490 g/mol. The van der Waals surface area contributed by atoms with Gasteiger partial charge in [-0.05, 0) is 152 Å². The van der Waals surface area contributed by atoms with E-state index in [1.54, 1.807) is 0 Å². The van der Waals surface area contributed by atoms with E-state index >= 15 is 0 Å². The molecule has 476 valence electrons. The van der Waals surface area contributed by atoms with Crippen molar-refractivity contribution in [3.63, 3.8) is 0 Å². The predicted octanol–water partition coefficient (Wildman–Crippen LogP) is 7.88. The van der Waals surface area contributed by atoms with E-state index in [0.717, 1.165) is 86.7 Å². The lowest BCUT2D eigenvalue weighted by Crippen LogP contribution is -2.31. The van der Waals surface area contributed by atoms with Crippen molar-refractivity contribution in [1.29, 1.82) is 0 Å². The van der Waals surface area contributed by atoms with Crippen molar-refractivity contribution >= 4 is 146 Å². The largest absolute Gasteiger partial charge is 0.481 e. The quantitative estimate of drug-likeness (QED) is 0.0107. The number of halogens is 4. The van der Waals surface area contributed by atoms with E-state index < -0.39 is 37.4 Å². The molecule has 5 N–H and O–H groups in total. The zero-order valence-electron chi connectivity index (χ0n) is 51.0. The first kappa shape index (κ1) is 79.6. The van der Waals surface area contributed by atoms with Crippen molar-refractivity contribution in [3.8, 4) is 0 Å². The molecule has 0 aliphatic rings. The maximum Gasteiger partial charge on any atom is 0.306 e. The van der Waals surface area contributed by atoms with Crippen LogP contribution >= 0.6 is 63.7 Å². The maximum atomic E-state index is 12.5. The molecule has 0 bridgehead atoms. The Kier molecular flexibility index (Phi) is 38.4. The fourth-order valence-electron chi connectivity index (χ4n) is 8.71. The number of nitrogens with zero attached hydrogens (tertiary/aromatic N) is 3. The molecule has 0 fully saturated rings. The maximum absolute atomic E-state index is 12.5. The molecule has 3 atom stereocenters. The van der Waals surface area contributed by atoms with Crippen molar-refractivity contribution in [2.24, 2.45) is 5.73 Å². The van der Waals surface area contributed by atoms with Gasteiger partial charge in [0.2, 0.25) is 0 Å². The van der Waals surface area contributed by atoms with Gasteiger partial charge in [-0.15, -0.1) is 0 Å². The number of nitrogens with two attached hydrogens (primary N) is 1. The van der Waals surface area contributed by atoms with Gasteiger partial charge < -0.3 is 55.1 Å². The second-order valence-electron chi connectivity index (χ2n) is 21.8. The summed E-state index contributed by atoms with van der Waals surface area (Å²) >= 11 is 13.9. The lowest BCUT2D eigenvalue weighted by molar-refractivity contribution is -0.156. The Balaban J connectivity index is 0.000000642. The minimum Gasteiger partial charge on any atom is -0.481 e. The highest BCUT2D eigenvalue weighted by Crippen LogP contribution is 2.32. The molecule has 0 aliphatic carbocycles. The number of esters is 2. The van der Waals surface area contributed by atoms with Crippen LogP contribution in [0.15, 0.2) is 54.6 Å². The number of carboxylic acids is 1. The fraction of sp³-hybridized carbons (Fsp3) is 0.596. The number of aryl methyl sites for hydroxylation is 3. The third-order valence-corrected chi connectivity index (χ3v) is 15.0. The highest BCUT2D eigenvalue weighted by Gasteiger charge is 2.26. The average Bonchev–Trinajstić information content (AvgIpc) is 3.05. The van der Waals surface area contributed by atoms with Gasteiger partial charge in [-0.2, -0.15) is 16.8 Å². The summed E-state index contributed by atoms with van der Waals surface area (Å²) in [6.07, 6.45) is 3.78. The third kappa shape index (κ3) is 34.8. The summed E-state index contributed by atoms with van der Waals surface area (Å²) in [5, 5.41) is 18.2. The van der Waals surface area contributed by atoms with Crippen LogP contribution in [-0.4, -0.2) is 184 Å². The Morgan fingerprint density at radius 3 is 1.13 bits per heavy atom. The predicted molar refractivity (Wildman–Crippen MR) is 358 cm³/mol. The van der Waals surface area contributed by atoms with Crippen molar-refractivity contribution in [2.45, 2.75) is 111 Å². The molecule has 85 heavy (non-hydrogen) atoms. The van der Waals surface area contributed by atoms with E-state index in [1.165, 1.54) is 14.8 Å². The molecule has 2 radical (unpaired) electrons. The summed E-state index contributed by atoms with van der Waals surface area (Å²) in [6, 6.07) is 18.1. The molecule has 3 aromatic rings. The Labute approximate surface area is 541 Å². The molecular weight excluding hydrogens is 1400 g/mol. The number of nitrogens with one attached hydrogen (secondary N) is 2. The van der Waals surface area contributed by atoms with E-state index in [2.05, 4.69) is 97.3 Å². The van der Waals surface area contributed by atoms with Crippen LogP contribution in [0.4, 0.5) is 17.1 Å². The number of alkyl halides is 4. The minimum atomic E-state index is -3.52. The van der Waals surface area contributed by atoms with Crippen molar-refractivity contribution in [3.05, 3.63) is 88.0 Å². The molecule has 28 heteroatoms. The third-order valence-electron chi connectivity index (χ3n) is 12.4. The number of ether oxygens (including phenoxy) is 2. The SMILES string of the molecule is Cc1ccc(N(CCBr)CCBr)cc1C(CN[B]C=O)CC(=O)OC(C)(C)C.Cc1ccc(N(CCBr)CCOS(C)(=O)=O)cc1C(CN)CC(=O)O.Cc1ccc(N(CCBr)CCOS(C)(=O)=O)cc1C(CN[B]C=O)CC(=O)OC(C)(C)C. The molecule has 3 rings (SSSR count). The van der Waals surface area contributed by atoms with Gasteiger partial charge in [-0.3, -0.25) is 22.7 Å². The second kappa shape index (κ2) is 41.0. The first-order valence-corrected chi connectivity index (χ1v) is 35.7. The van der Waals surface area contributed by atoms with Crippen LogP contribution in [0.1, 0.15) is 112 Å². The monoisotopic (exact) mass is 1480 g/mol. The summed E-state index contributed by atoms with van der Waals surface area (Å²) in [5.74, 6) is -2.04. The van der Waals surface area contributed by atoms with Crippen molar-refractivity contribution < 1.29 is 63.8 Å². The van der Waals surface area contributed by atoms with Crippen LogP contribution in [0.2, 0.25) is 0 Å². The second-order valence-corrected chi connectivity index (χ2v) is 28.3. The molecule has 0 saturated heterocycles. The fourth-order valence-corrected chi connectivity index (χ4v) is 11.2. The van der Waals surface area contributed by atoms with E-state index in [0.29, 0.717) is 62.3 Å². The van der Waals surface area contributed by atoms with E-state index in [1.807, 2.05) is 109 Å². The zero-order valence-corrected chi connectivity index (χ0v) is 58.9. The smallest absolute Gasteiger partial charge is 0.306 e. The standard InChI is InChI=1S/C21H33BBrN2O6S.C20H30BBr2N2O3.C16H25BrN2O5S/c1-16-6-7-18(25(9-8-23)10-11-30-32(5,28)29)13-19(16)17(14-24-22-15-26)12-20(27)31-21(2,3)4;1-15-5-6-17(25(9-7-22)10-8-23)12-18(15)16(13-24-21-14-26)11-19(27)28-20(2,3)4;1-12-3-4-14(10-15(12)13(11-18)9-16(20)21)19(6-5-17)7-8-24-25(2,22)23/h6-7,13,15,17,24H,8-12,14H2,1-5H3;5-6,12,14,16,24H,7-11,13H2,1-4H3;3-4,10,13H,5-9,11,18H2,1-2H3,(H,20,21). The normalized spacial score (nSPS) is 12.7. The number of carbonyl (C=O) groups is 5. The van der Waals surface area contributed by atoms with Crippen LogP contribution in [-0.2, 0) is 62.0 Å². The molecule has 0 heterocycles. The molecule has 0 saturated carbocycles. The number of anilines is 3. The summed E-state index contributed by atoms with van der Waals surface area (Å²) in [5.41, 5.74) is 13.6. The van der Waals surface area contributed by atoms with Gasteiger partial charge in [0.1, 0.15) is 11.2 Å². The van der Waals surface area contributed by atoms with Gasteiger partial charge in [0.25, 0.3) is 35.1 Å². The topological polar surface area (TPSA) is 271 Å². The van der Waals surface area contributed by atoms with E-state index in [-0.39, 0.29) is 68.7 Å². The lowest BCUT2D eigenvalue weighted by Gasteiger charge is -2.27. The molecule has 20 nitrogen and oxygen atoms in total. The number of benzene rings is 3. The summed E-state index contributed by atoms with van der Waals surface area (Å²) in [7, 11) is -4.33. The molecule has 0 aromatic heterocycles. The number of carboxylic acid groups (broad SMARTS) is 1. The molecule has 3 unspecified atom stereocenters. The first-order valence-electron chi connectivity index (χ1n) is 27.6. The minimum absolute atomic E-state index is 0.0313.